The van der Waals surface area contributed by atoms with Gasteiger partial charge in [0.25, 0.3) is 0 Å². The van der Waals surface area contributed by atoms with Gasteiger partial charge in [-0.2, -0.15) is 15.6 Å². The Hall–Kier alpha value is -2.17. The molecular formula is C20H18N2O4S3. The standard InChI is InChI=1S/C20H18N2O4S3/c23-19(6-3-17-14-28-20(21-17)16-7-12-27-13-16)15-1-4-18(5-2-15)29(24,25)22-8-10-26-11-9-22/h1-7,12-14H,8-11H2/b6-3+. The minimum absolute atomic E-state index is 0.180. The molecule has 0 amide bonds. The average molecular weight is 447 g/mol. The van der Waals surface area contributed by atoms with Crippen LogP contribution in [0.2, 0.25) is 0 Å². The fourth-order valence-electron chi connectivity index (χ4n) is 2.87. The highest BCUT2D eigenvalue weighted by atomic mass is 32.2. The molecular weight excluding hydrogens is 428 g/mol. The summed E-state index contributed by atoms with van der Waals surface area (Å²) < 4.78 is 31.9. The maximum absolute atomic E-state index is 12.6. The third kappa shape index (κ3) is 4.54. The zero-order chi connectivity index (χ0) is 20.3. The third-order valence-corrected chi connectivity index (χ3v) is 7.95. The average Bonchev–Trinajstić information content (AvgIpc) is 3.44. The van der Waals surface area contributed by atoms with Crippen molar-refractivity contribution in [2.24, 2.45) is 0 Å². The molecule has 0 spiro atoms. The van der Waals surface area contributed by atoms with Crippen LogP contribution in [0.4, 0.5) is 0 Å². The Bertz CT molecular complexity index is 1110. The number of rotatable bonds is 6. The van der Waals surface area contributed by atoms with Crippen molar-refractivity contribution < 1.29 is 17.9 Å². The van der Waals surface area contributed by atoms with Crippen LogP contribution in [0.3, 0.4) is 0 Å². The van der Waals surface area contributed by atoms with Crippen LogP contribution in [0.5, 0.6) is 0 Å². The van der Waals surface area contributed by atoms with E-state index >= 15 is 0 Å². The van der Waals surface area contributed by atoms with E-state index in [4.69, 9.17) is 4.74 Å². The van der Waals surface area contributed by atoms with Gasteiger partial charge in [-0.25, -0.2) is 13.4 Å². The Balaban J connectivity index is 1.45. The second kappa shape index (κ2) is 8.68. The first-order valence-corrected chi connectivity index (χ1v) is 12.2. The lowest BCUT2D eigenvalue weighted by molar-refractivity contribution is 0.0730. The van der Waals surface area contributed by atoms with Gasteiger partial charge in [-0.3, -0.25) is 4.79 Å². The van der Waals surface area contributed by atoms with Crippen LogP contribution in [0.25, 0.3) is 16.6 Å². The Kier molecular flexibility index (Phi) is 6.02. The van der Waals surface area contributed by atoms with E-state index in [0.717, 1.165) is 16.3 Å². The van der Waals surface area contributed by atoms with Crippen LogP contribution in [-0.4, -0.2) is 49.8 Å². The normalized spacial score (nSPS) is 15.7. The van der Waals surface area contributed by atoms with Gasteiger partial charge >= 0.3 is 0 Å². The van der Waals surface area contributed by atoms with E-state index in [1.807, 2.05) is 22.2 Å². The summed E-state index contributed by atoms with van der Waals surface area (Å²) in [6.45, 7) is 1.47. The van der Waals surface area contributed by atoms with Gasteiger partial charge in [0.1, 0.15) is 5.01 Å². The monoisotopic (exact) mass is 446 g/mol. The zero-order valence-electron chi connectivity index (χ0n) is 15.4. The van der Waals surface area contributed by atoms with Crippen molar-refractivity contribution in [1.29, 1.82) is 0 Å². The SMILES string of the molecule is O=C(/C=C/c1csc(-c2ccsc2)n1)c1ccc(S(=O)(=O)N2CCOCC2)cc1. The summed E-state index contributed by atoms with van der Waals surface area (Å²) in [6.07, 6.45) is 3.13. The number of hydrogen-bond acceptors (Lipinski definition) is 7. The molecule has 0 aliphatic carbocycles. The van der Waals surface area contributed by atoms with E-state index < -0.39 is 10.0 Å². The minimum Gasteiger partial charge on any atom is -0.379 e. The minimum atomic E-state index is -3.56. The number of carbonyl (C=O) groups excluding carboxylic acids is 1. The summed E-state index contributed by atoms with van der Waals surface area (Å²) >= 11 is 3.14. The maximum atomic E-state index is 12.6. The molecule has 3 aromatic rings. The summed E-state index contributed by atoms with van der Waals surface area (Å²) in [5.74, 6) is -0.203. The highest BCUT2D eigenvalue weighted by molar-refractivity contribution is 7.89. The van der Waals surface area contributed by atoms with Gasteiger partial charge in [0.15, 0.2) is 5.78 Å². The lowest BCUT2D eigenvalue weighted by atomic mass is 10.1. The Labute approximate surface area is 177 Å². The molecule has 1 aliphatic rings. The summed E-state index contributed by atoms with van der Waals surface area (Å²) in [6, 6.07) is 8.04. The Morgan fingerprint density at radius 2 is 1.86 bits per heavy atom. The number of sulfonamides is 1. The first kappa shape index (κ1) is 20.1. The molecule has 4 rings (SSSR count). The van der Waals surface area contributed by atoms with Crippen molar-refractivity contribution in [2.75, 3.05) is 26.3 Å². The molecule has 1 saturated heterocycles. The molecule has 1 aromatic carbocycles. The van der Waals surface area contributed by atoms with Gasteiger partial charge in [-0.15, -0.1) is 11.3 Å². The van der Waals surface area contributed by atoms with Gasteiger partial charge in [0, 0.05) is 35.0 Å². The molecule has 29 heavy (non-hydrogen) atoms. The molecule has 0 radical (unpaired) electrons. The highest BCUT2D eigenvalue weighted by Gasteiger charge is 2.26. The van der Waals surface area contributed by atoms with E-state index in [1.165, 1.54) is 46.0 Å². The van der Waals surface area contributed by atoms with Crippen LogP contribution < -0.4 is 0 Å². The smallest absolute Gasteiger partial charge is 0.243 e. The van der Waals surface area contributed by atoms with Gasteiger partial charge in [-0.1, -0.05) is 0 Å². The van der Waals surface area contributed by atoms with Gasteiger partial charge in [0.2, 0.25) is 10.0 Å². The number of benzene rings is 1. The summed E-state index contributed by atoms with van der Waals surface area (Å²) in [4.78, 5) is 17.1. The van der Waals surface area contributed by atoms with Crippen LogP contribution in [0.15, 0.2) is 57.4 Å². The number of ketones is 1. The van der Waals surface area contributed by atoms with Crippen molar-refractivity contribution in [3.63, 3.8) is 0 Å². The Morgan fingerprint density at radius 3 is 2.55 bits per heavy atom. The number of allylic oxidation sites excluding steroid dienone is 1. The number of hydrogen-bond donors (Lipinski definition) is 0. The molecule has 0 saturated carbocycles. The second-order valence-corrected chi connectivity index (χ2v) is 9.90. The zero-order valence-corrected chi connectivity index (χ0v) is 17.8. The van der Waals surface area contributed by atoms with Crippen molar-refractivity contribution >= 4 is 44.6 Å². The van der Waals surface area contributed by atoms with Gasteiger partial charge < -0.3 is 4.74 Å². The molecule has 2 aromatic heterocycles. The molecule has 0 atom stereocenters. The maximum Gasteiger partial charge on any atom is 0.243 e. The summed E-state index contributed by atoms with van der Waals surface area (Å²) in [5, 5.41) is 6.84. The van der Waals surface area contributed by atoms with Gasteiger partial charge in [0.05, 0.1) is 23.8 Å². The first-order valence-electron chi connectivity index (χ1n) is 8.92. The summed E-state index contributed by atoms with van der Waals surface area (Å²) in [5.41, 5.74) is 2.22. The highest BCUT2D eigenvalue weighted by Crippen LogP contribution is 2.26. The molecule has 9 heteroatoms. The van der Waals surface area contributed by atoms with Crippen LogP contribution in [0, 0.1) is 0 Å². The number of nitrogens with zero attached hydrogens (tertiary/aromatic N) is 2. The quantitative estimate of drug-likeness (QED) is 0.425. The number of thiophene rings is 1. The second-order valence-electron chi connectivity index (χ2n) is 6.33. The number of aromatic nitrogens is 1. The van der Waals surface area contributed by atoms with Crippen molar-refractivity contribution in [3.05, 3.63) is 63.8 Å². The fourth-order valence-corrected chi connectivity index (χ4v) is 5.77. The number of carbonyl (C=O) groups is 1. The van der Waals surface area contributed by atoms with E-state index in [-0.39, 0.29) is 10.7 Å². The number of morpholine rings is 1. The van der Waals surface area contributed by atoms with E-state index in [0.29, 0.717) is 31.9 Å². The van der Waals surface area contributed by atoms with E-state index in [9.17, 15) is 13.2 Å². The van der Waals surface area contributed by atoms with Crippen molar-refractivity contribution in [3.8, 4) is 10.6 Å². The molecule has 150 valence electrons. The third-order valence-electron chi connectivity index (χ3n) is 4.44. The van der Waals surface area contributed by atoms with Crippen LogP contribution in [-0.2, 0) is 14.8 Å². The molecule has 0 unspecified atom stereocenters. The topological polar surface area (TPSA) is 76.6 Å². The Morgan fingerprint density at radius 1 is 1.10 bits per heavy atom. The molecule has 3 heterocycles. The predicted molar refractivity (Wildman–Crippen MR) is 115 cm³/mol. The fraction of sp³-hybridized carbons (Fsp3) is 0.200. The van der Waals surface area contributed by atoms with Crippen molar-refractivity contribution in [2.45, 2.75) is 4.90 Å². The molecule has 0 bridgehead atoms. The largest absolute Gasteiger partial charge is 0.379 e. The molecule has 6 nitrogen and oxygen atoms in total. The molecule has 1 aliphatic heterocycles. The van der Waals surface area contributed by atoms with Crippen LogP contribution in [0.1, 0.15) is 16.1 Å². The first-order chi connectivity index (χ1) is 14.0. The molecule has 1 fully saturated rings. The lowest BCUT2D eigenvalue weighted by Crippen LogP contribution is -2.40. The number of thiazole rings is 1. The van der Waals surface area contributed by atoms with E-state index in [1.54, 1.807) is 17.4 Å². The lowest BCUT2D eigenvalue weighted by Gasteiger charge is -2.26. The van der Waals surface area contributed by atoms with Crippen LogP contribution >= 0.6 is 22.7 Å². The van der Waals surface area contributed by atoms with E-state index in [2.05, 4.69) is 4.98 Å². The van der Waals surface area contributed by atoms with Gasteiger partial charge in [-0.05, 0) is 47.9 Å². The van der Waals surface area contributed by atoms with Crippen molar-refractivity contribution in [1.82, 2.24) is 9.29 Å². The molecule has 0 N–H and O–H groups in total. The summed E-state index contributed by atoms with van der Waals surface area (Å²) in [7, 11) is -3.56. The predicted octanol–water partition coefficient (Wildman–Crippen LogP) is 3.79. The number of ether oxygens (including phenoxy) is 1.